The van der Waals surface area contributed by atoms with Crippen molar-refractivity contribution < 1.29 is 25.5 Å². The van der Waals surface area contributed by atoms with Crippen molar-refractivity contribution in [3.63, 3.8) is 0 Å². The van der Waals surface area contributed by atoms with Gasteiger partial charge in [-0.25, -0.2) is 0 Å². The minimum Gasteiger partial charge on any atom is -0.393 e. The van der Waals surface area contributed by atoms with E-state index in [0.717, 1.165) is 25.7 Å². The van der Waals surface area contributed by atoms with Crippen LogP contribution in [0.3, 0.4) is 0 Å². The summed E-state index contributed by atoms with van der Waals surface area (Å²) in [6, 6.07) is 0. The summed E-state index contributed by atoms with van der Waals surface area (Å²) in [5.74, 6) is 1.27. The normalized spacial score (nSPS) is 53.0. The van der Waals surface area contributed by atoms with Crippen LogP contribution in [-0.2, 0) is 0 Å². The van der Waals surface area contributed by atoms with Crippen LogP contribution >= 0.6 is 0 Å². The zero-order valence-electron chi connectivity index (χ0n) is 20.6. The highest BCUT2D eigenvalue weighted by molar-refractivity contribution is 5.15. The molecule has 13 atom stereocenters. The second kappa shape index (κ2) is 8.64. The van der Waals surface area contributed by atoms with Crippen LogP contribution < -0.4 is 0 Å². The first kappa shape index (κ1) is 24.7. The largest absolute Gasteiger partial charge is 0.393 e. The molecule has 2 unspecified atom stereocenters. The molecule has 4 aliphatic rings. The Morgan fingerprint density at radius 2 is 1.41 bits per heavy atom. The third-order valence-corrected chi connectivity index (χ3v) is 10.7. The zero-order valence-corrected chi connectivity index (χ0v) is 20.6. The van der Waals surface area contributed by atoms with Crippen LogP contribution in [0.2, 0.25) is 0 Å². The van der Waals surface area contributed by atoms with E-state index < -0.39 is 24.4 Å². The summed E-state index contributed by atoms with van der Waals surface area (Å²) >= 11 is 0. The molecule has 0 aromatic heterocycles. The highest BCUT2D eigenvalue weighted by atomic mass is 16.3. The number of rotatable bonds is 4. The molecule has 184 valence electrons. The second-order valence-electron chi connectivity index (χ2n) is 12.7. The standard InChI is InChI=1S/C27H46O5/c1-14(2)19(28)7-6-15(3)18-13-22(31)23-16-12-21(30)24-25(32)20(29)9-11-26(24,4)17(16)8-10-27(18,23)5/h6-7,14-25,28-32H,8-13H2,1-5H3/b7-6+/t15-,16-,17+,18-,19+,20+,21?,22-,23-,24?,25+,26-,27-/m1/s1. The Morgan fingerprint density at radius 1 is 0.781 bits per heavy atom. The number of hydrogen-bond donors (Lipinski definition) is 5. The summed E-state index contributed by atoms with van der Waals surface area (Å²) in [4.78, 5) is 0. The zero-order chi connectivity index (χ0) is 23.6. The van der Waals surface area contributed by atoms with Crippen molar-refractivity contribution >= 4 is 0 Å². The predicted molar refractivity (Wildman–Crippen MR) is 125 cm³/mol. The summed E-state index contributed by atoms with van der Waals surface area (Å²) < 4.78 is 0. The first-order chi connectivity index (χ1) is 14.9. The molecular formula is C27H46O5. The van der Waals surface area contributed by atoms with Gasteiger partial charge < -0.3 is 25.5 Å². The average Bonchev–Trinajstić information content (AvgIpc) is 2.99. The van der Waals surface area contributed by atoms with Crippen molar-refractivity contribution in [3.05, 3.63) is 12.2 Å². The van der Waals surface area contributed by atoms with Crippen LogP contribution in [0.1, 0.15) is 73.1 Å². The maximum atomic E-state index is 11.3. The molecule has 0 aliphatic heterocycles. The maximum absolute atomic E-state index is 11.3. The number of aliphatic hydroxyl groups excluding tert-OH is 5. The SMILES string of the molecule is CC(C)[C@@H](O)/C=C/[C@@H](C)[C@H]1C[C@@H](O)[C@H]2[C@@H]3CC(O)C4[C@@H](O)[C@@H](O)CC[C@]4(C)[C@H]3CC[C@@]21C. The van der Waals surface area contributed by atoms with Gasteiger partial charge in [0.25, 0.3) is 0 Å². The van der Waals surface area contributed by atoms with Gasteiger partial charge in [0.1, 0.15) is 0 Å². The Kier molecular flexibility index (Phi) is 6.66. The minimum atomic E-state index is -0.864. The lowest BCUT2D eigenvalue weighted by Crippen LogP contribution is -2.63. The quantitative estimate of drug-likeness (QED) is 0.424. The Bertz CT molecular complexity index is 708. The van der Waals surface area contributed by atoms with E-state index in [1.807, 2.05) is 19.9 Å². The molecule has 5 heteroatoms. The van der Waals surface area contributed by atoms with Crippen molar-refractivity contribution in [3.8, 4) is 0 Å². The molecule has 0 bridgehead atoms. The first-order valence-electron chi connectivity index (χ1n) is 13.0. The van der Waals surface area contributed by atoms with Gasteiger partial charge in [0, 0.05) is 5.92 Å². The molecule has 4 rings (SSSR count). The molecule has 0 heterocycles. The van der Waals surface area contributed by atoms with Gasteiger partial charge in [-0.3, -0.25) is 0 Å². The van der Waals surface area contributed by atoms with Gasteiger partial charge in [-0.15, -0.1) is 0 Å². The molecule has 5 nitrogen and oxygen atoms in total. The topological polar surface area (TPSA) is 101 Å². The summed E-state index contributed by atoms with van der Waals surface area (Å²) in [7, 11) is 0. The first-order valence-corrected chi connectivity index (χ1v) is 13.0. The predicted octanol–water partition coefficient (Wildman–Crippen LogP) is 3.13. The Hall–Kier alpha value is -0.460. The lowest BCUT2D eigenvalue weighted by molar-refractivity contribution is -0.217. The summed E-state index contributed by atoms with van der Waals surface area (Å²) in [6.07, 6.45) is 5.87. The molecule has 0 spiro atoms. The van der Waals surface area contributed by atoms with Crippen molar-refractivity contribution in [1.29, 1.82) is 0 Å². The van der Waals surface area contributed by atoms with Gasteiger partial charge in [0.2, 0.25) is 0 Å². The van der Waals surface area contributed by atoms with Gasteiger partial charge in [0.15, 0.2) is 0 Å². The molecule has 5 N–H and O–H groups in total. The fourth-order valence-corrected chi connectivity index (χ4v) is 8.96. The number of allylic oxidation sites excluding steroid dienone is 1. The van der Waals surface area contributed by atoms with Gasteiger partial charge in [0.05, 0.1) is 30.5 Å². The van der Waals surface area contributed by atoms with Crippen molar-refractivity contribution in [1.82, 2.24) is 0 Å². The van der Waals surface area contributed by atoms with Crippen LogP contribution in [0.4, 0.5) is 0 Å². The molecule has 0 saturated heterocycles. The van der Waals surface area contributed by atoms with Crippen LogP contribution in [-0.4, -0.2) is 56.1 Å². The second-order valence-corrected chi connectivity index (χ2v) is 12.7. The Morgan fingerprint density at radius 3 is 2.06 bits per heavy atom. The highest BCUT2D eigenvalue weighted by Crippen LogP contribution is 2.68. The Labute approximate surface area is 193 Å². The summed E-state index contributed by atoms with van der Waals surface area (Å²) in [6.45, 7) is 10.8. The van der Waals surface area contributed by atoms with E-state index in [2.05, 4.69) is 26.8 Å². The lowest BCUT2D eigenvalue weighted by Gasteiger charge is -2.63. The molecule has 4 aliphatic carbocycles. The molecule has 0 aromatic rings. The van der Waals surface area contributed by atoms with E-state index in [9.17, 15) is 25.5 Å². The van der Waals surface area contributed by atoms with Gasteiger partial charge in [-0.05, 0) is 84.9 Å². The third kappa shape index (κ3) is 3.71. The average molecular weight is 451 g/mol. The van der Waals surface area contributed by atoms with E-state index in [4.69, 9.17) is 0 Å². The van der Waals surface area contributed by atoms with Gasteiger partial charge in [-0.1, -0.05) is 46.8 Å². The molecule has 4 fully saturated rings. The van der Waals surface area contributed by atoms with E-state index in [1.54, 1.807) is 0 Å². The molecule has 0 radical (unpaired) electrons. The number of hydrogen-bond acceptors (Lipinski definition) is 5. The highest BCUT2D eigenvalue weighted by Gasteiger charge is 2.65. The maximum Gasteiger partial charge on any atom is 0.0857 e. The van der Waals surface area contributed by atoms with E-state index in [0.29, 0.717) is 24.7 Å². The molecule has 0 amide bonds. The van der Waals surface area contributed by atoms with Crippen molar-refractivity contribution in [2.75, 3.05) is 0 Å². The third-order valence-electron chi connectivity index (χ3n) is 10.7. The smallest absolute Gasteiger partial charge is 0.0857 e. The van der Waals surface area contributed by atoms with Crippen molar-refractivity contribution in [2.45, 2.75) is 104 Å². The fraction of sp³-hybridized carbons (Fsp3) is 0.926. The lowest BCUT2D eigenvalue weighted by atomic mass is 9.43. The molecule has 4 saturated carbocycles. The van der Waals surface area contributed by atoms with E-state index >= 15 is 0 Å². The van der Waals surface area contributed by atoms with E-state index in [-0.39, 0.29) is 46.5 Å². The number of fused-ring (bicyclic) bond motifs is 5. The summed E-state index contributed by atoms with van der Waals surface area (Å²) in [5, 5.41) is 53.8. The minimum absolute atomic E-state index is 0.00281. The van der Waals surface area contributed by atoms with Crippen molar-refractivity contribution in [2.24, 2.45) is 52.3 Å². The van der Waals surface area contributed by atoms with E-state index in [1.165, 1.54) is 0 Å². The van der Waals surface area contributed by atoms with Crippen LogP contribution in [0.15, 0.2) is 12.2 Å². The van der Waals surface area contributed by atoms with Crippen LogP contribution in [0, 0.1) is 52.3 Å². The summed E-state index contributed by atoms with van der Waals surface area (Å²) in [5.41, 5.74) is -0.199. The fourth-order valence-electron chi connectivity index (χ4n) is 8.96. The Balaban J connectivity index is 1.60. The van der Waals surface area contributed by atoms with Gasteiger partial charge >= 0.3 is 0 Å². The monoisotopic (exact) mass is 450 g/mol. The number of aliphatic hydroxyl groups is 5. The molecule has 0 aromatic carbocycles. The molecular weight excluding hydrogens is 404 g/mol. The van der Waals surface area contributed by atoms with Crippen LogP contribution in [0.5, 0.6) is 0 Å². The van der Waals surface area contributed by atoms with Gasteiger partial charge in [-0.2, -0.15) is 0 Å². The van der Waals surface area contributed by atoms with Crippen LogP contribution in [0.25, 0.3) is 0 Å². The molecule has 32 heavy (non-hydrogen) atoms.